The van der Waals surface area contributed by atoms with E-state index in [1.807, 2.05) is 0 Å². The Morgan fingerprint density at radius 3 is 2.88 bits per heavy atom. The fraction of sp³-hybridized carbons (Fsp3) is 0.647. The monoisotopic (exact) mass is 400 g/mol. The molecule has 1 fully saturated rings. The Bertz CT molecular complexity index is 613. The van der Waals surface area contributed by atoms with E-state index in [0.29, 0.717) is 17.9 Å². The zero-order valence-electron chi connectivity index (χ0n) is 13.7. The zero-order valence-corrected chi connectivity index (χ0v) is 15.3. The van der Waals surface area contributed by atoms with Crippen molar-refractivity contribution in [2.45, 2.75) is 61.9 Å². The Kier molecular flexibility index (Phi) is 5.58. The molecule has 1 aromatic rings. The molecule has 0 bridgehead atoms. The number of rotatable bonds is 4. The van der Waals surface area contributed by atoms with Crippen LogP contribution in [0.4, 0.5) is 9.18 Å². The van der Waals surface area contributed by atoms with Gasteiger partial charge in [0.05, 0.1) is 10.5 Å². The number of allylic oxidation sites excluding steroid dienone is 2. The molecule has 0 aromatic carbocycles. The molecule has 5 nitrogen and oxygen atoms in total. The molecular weight excluding hydrogens is 379 g/mol. The number of halogens is 2. The first kappa shape index (κ1) is 17.5. The Labute approximate surface area is 149 Å². The van der Waals surface area contributed by atoms with E-state index >= 15 is 0 Å². The highest BCUT2D eigenvalue weighted by Crippen LogP contribution is 2.36. The van der Waals surface area contributed by atoms with Crippen LogP contribution in [-0.4, -0.2) is 33.9 Å². The van der Waals surface area contributed by atoms with Crippen LogP contribution >= 0.6 is 15.9 Å². The highest BCUT2D eigenvalue weighted by atomic mass is 79.9. The van der Waals surface area contributed by atoms with Gasteiger partial charge in [-0.3, -0.25) is 0 Å². The van der Waals surface area contributed by atoms with Gasteiger partial charge in [0.15, 0.2) is 18.8 Å². The van der Waals surface area contributed by atoms with Crippen molar-refractivity contribution in [3.8, 4) is 0 Å². The van der Waals surface area contributed by atoms with Crippen LogP contribution in [0.15, 0.2) is 22.7 Å². The molecule has 24 heavy (non-hydrogen) atoms. The summed E-state index contributed by atoms with van der Waals surface area (Å²) in [6.07, 6.45) is 8.38. The number of ether oxygens (including phenoxy) is 1. The predicted molar refractivity (Wildman–Crippen MR) is 90.6 cm³/mol. The molecular formula is C17H22BrFN2O3. The lowest BCUT2D eigenvalue weighted by Crippen LogP contribution is -2.35. The van der Waals surface area contributed by atoms with Gasteiger partial charge in [-0.15, -0.1) is 0 Å². The summed E-state index contributed by atoms with van der Waals surface area (Å²) in [5.41, 5.74) is 0.654. The summed E-state index contributed by atoms with van der Waals surface area (Å²) in [5.74, 6) is 0.169. The number of hydrogen-bond acceptors (Lipinski definition) is 4. The number of carbonyl (C=O) groups excluding carboxylic acids is 1. The third-order valence-electron chi connectivity index (χ3n) is 4.90. The minimum Gasteiger partial charge on any atom is -0.445 e. The van der Waals surface area contributed by atoms with Gasteiger partial charge in [-0.1, -0.05) is 28.8 Å². The number of amides is 1. The second-order valence-corrected chi connectivity index (χ2v) is 7.57. The molecule has 0 saturated heterocycles. The van der Waals surface area contributed by atoms with E-state index in [4.69, 9.17) is 9.15 Å². The van der Waals surface area contributed by atoms with Gasteiger partial charge in [0.1, 0.15) is 5.83 Å². The minimum absolute atomic E-state index is 0.0227. The molecule has 7 heteroatoms. The fourth-order valence-corrected chi connectivity index (χ4v) is 3.84. The van der Waals surface area contributed by atoms with Gasteiger partial charge < -0.3 is 14.1 Å². The molecule has 132 valence electrons. The summed E-state index contributed by atoms with van der Waals surface area (Å²) in [5, 5.41) is 0. The lowest BCUT2D eigenvalue weighted by atomic mass is 9.91. The summed E-state index contributed by atoms with van der Waals surface area (Å²) in [6.45, 7) is 0.0227. The topological polar surface area (TPSA) is 55.6 Å². The second kappa shape index (κ2) is 7.68. The van der Waals surface area contributed by atoms with Crippen LogP contribution in [0.2, 0.25) is 0 Å². The second-order valence-electron chi connectivity index (χ2n) is 6.47. The van der Waals surface area contributed by atoms with Gasteiger partial charge in [-0.2, -0.15) is 0 Å². The number of carbonyl (C=O) groups is 1. The van der Waals surface area contributed by atoms with Crippen molar-refractivity contribution < 1.29 is 18.3 Å². The van der Waals surface area contributed by atoms with Crippen LogP contribution < -0.4 is 0 Å². The maximum Gasteiger partial charge on any atom is 0.410 e. The summed E-state index contributed by atoms with van der Waals surface area (Å²) in [6, 6.07) is 0.262. The van der Waals surface area contributed by atoms with Crippen LogP contribution in [0.1, 0.15) is 55.9 Å². The molecule has 1 aromatic heterocycles. The van der Waals surface area contributed by atoms with Crippen LogP contribution in [0.25, 0.3) is 0 Å². The van der Waals surface area contributed by atoms with Crippen molar-refractivity contribution in [3.05, 3.63) is 29.8 Å². The van der Waals surface area contributed by atoms with Gasteiger partial charge in [0, 0.05) is 19.0 Å². The van der Waals surface area contributed by atoms with Crippen molar-refractivity contribution >= 4 is 22.0 Å². The van der Waals surface area contributed by atoms with Crippen molar-refractivity contribution in [2.75, 3.05) is 7.05 Å². The normalized spacial score (nSPS) is 24.7. The third kappa shape index (κ3) is 3.82. The number of hydrogen-bond donors (Lipinski definition) is 0. The van der Waals surface area contributed by atoms with E-state index in [1.165, 1.54) is 6.39 Å². The number of alkyl halides is 1. The maximum absolute atomic E-state index is 13.8. The third-order valence-corrected chi connectivity index (χ3v) is 5.80. The van der Waals surface area contributed by atoms with Gasteiger partial charge >= 0.3 is 6.09 Å². The largest absolute Gasteiger partial charge is 0.445 e. The molecule has 3 rings (SSSR count). The number of nitrogens with zero attached hydrogens (tertiary/aromatic N) is 2. The van der Waals surface area contributed by atoms with E-state index in [0.717, 1.165) is 32.1 Å². The number of oxazole rings is 1. The maximum atomic E-state index is 13.8. The van der Waals surface area contributed by atoms with E-state index < -0.39 is 0 Å². The van der Waals surface area contributed by atoms with Crippen LogP contribution in [0.5, 0.6) is 0 Å². The van der Waals surface area contributed by atoms with Crippen molar-refractivity contribution in [1.29, 1.82) is 0 Å². The number of aromatic nitrogens is 1. The molecule has 2 atom stereocenters. The quantitative estimate of drug-likeness (QED) is 0.688. The highest BCUT2D eigenvalue weighted by Gasteiger charge is 2.28. The fourth-order valence-electron chi connectivity index (χ4n) is 3.42. The smallest absolute Gasteiger partial charge is 0.410 e. The van der Waals surface area contributed by atoms with Gasteiger partial charge in [0.25, 0.3) is 0 Å². The summed E-state index contributed by atoms with van der Waals surface area (Å²) < 4.78 is 24.5. The molecule has 0 spiro atoms. The van der Waals surface area contributed by atoms with Crippen molar-refractivity contribution in [2.24, 2.45) is 0 Å². The Morgan fingerprint density at radius 1 is 1.42 bits per heavy atom. The van der Waals surface area contributed by atoms with E-state index in [2.05, 4.69) is 20.9 Å². The first-order chi connectivity index (χ1) is 11.6. The predicted octanol–water partition coefficient (Wildman–Crippen LogP) is 4.68. The molecule has 2 aliphatic carbocycles. The van der Waals surface area contributed by atoms with Crippen LogP contribution in [0, 0.1) is 0 Å². The van der Waals surface area contributed by atoms with Crippen molar-refractivity contribution in [1.82, 2.24) is 9.88 Å². The summed E-state index contributed by atoms with van der Waals surface area (Å²) in [4.78, 5) is 17.8. The lowest BCUT2D eigenvalue weighted by molar-refractivity contribution is 0.0854. The molecule has 1 heterocycles. The van der Waals surface area contributed by atoms with E-state index in [-0.39, 0.29) is 35.3 Å². The molecule has 2 unspecified atom stereocenters. The standard InChI is InChI=1S/C17H22BrFN2O3/c1-21(12-4-2-3-5-12)17(22)23-9-15-16(20-10-24-15)11-6-7-13(18)14(19)8-11/h8,10-13H,2-7,9H2,1H3. The first-order valence-corrected chi connectivity index (χ1v) is 9.31. The lowest BCUT2D eigenvalue weighted by Gasteiger charge is -2.23. The Morgan fingerprint density at radius 2 is 2.17 bits per heavy atom. The zero-order chi connectivity index (χ0) is 17.1. The summed E-state index contributed by atoms with van der Waals surface area (Å²) in [7, 11) is 1.77. The van der Waals surface area contributed by atoms with Gasteiger partial charge in [0.2, 0.25) is 0 Å². The molecule has 1 amide bonds. The van der Waals surface area contributed by atoms with E-state index in [1.54, 1.807) is 18.0 Å². The van der Waals surface area contributed by atoms with Gasteiger partial charge in [-0.05, 0) is 31.8 Å². The SMILES string of the molecule is CN(C(=O)OCc1ocnc1C1C=C(F)C(Br)CC1)C1CCCC1. The molecule has 1 saturated carbocycles. The highest BCUT2D eigenvalue weighted by molar-refractivity contribution is 9.09. The first-order valence-electron chi connectivity index (χ1n) is 8.39. The van der Waals surface area contributed by atoms with Crippen molar-refractivity contribution in [3.63, 3.8) is 0 Å². The molecule has 0 radical (unpaired) electrons. The minimum atomic E-state index is -0.352. The van der Waals surface area contributed by atoms with Crippen LogP contribution in [-0.2, 0) is 11.3 Å². The summed E-state index contributed by atoms with van der Waals surface area (Å²) >= 11 is 3.30. The average Bonchev–Trinajstić information content (AvgIpc) is 3.26. The van der Waals surface area contributed by atoms with Gasteiger partial charge in [-0.25, -0.2) is 14.2 Å². The Balaban J connectivity index is 1.60. The molecule has 0 aliphatic heterocycles. The average molecular weight is 401 g/mol. The van der Waals surface area contributed by atoms with E-state index in [9.17, 15) is 9.18 Å². The van der Waals surface area contributed by atoms with Crippen LogP contribution in [0.3, 0.4) is 0 Å². The Hall–Kier alpha value is -1.37. The molecule has 0 N–H and O–H groups in total. The molecule has 2 aliphatic rings.